The van der Waals surface area contributed by atoms with E-state index in [4.69, 9.17) is 9.16 Å². The Balaban J connectivity index is 2.55. The van der Waals surface area contributed by atoms with Gasteiger partial charge in [0.15, 0.2) is 8.32 Å². The molecule has 0 spiro atoms. The molecule has 1 aromatic rings. The zero-order valence-electron chi connectivity index (χ0n) is 24.6. The van der Waals surface area contributed by atoms with Crippen LogP contribution < -0.4 is 0 Å². The van der Waals surface area contributed by atoms with Crippen molar-refractivity contribution in [1.82, 2.24) is 9.80 Å². The van der Waals surface area contributed by atoms with Gasteiger partial charge in [0.1, 0.15) is 23.9 Å². The third-order valence-electron chi connectivity index (χ3n) is 7.95. The number of nitrogens with zero attached hydrogens (tertiary/aromatic N) is 2. The molecule has 4 atom stereocenters. The molecule has 1 aliphatic rings. The number of rotatable bonds is 9. The average Bonchev–Trinajstić information content (AvgIpc) is 2.75. The second-order valence-electron chi connectivity index (χ2n) is 12.9. The predicted octanol–water partition coefficient (Wildman–Crippen LogP) is 5.72. The second-order valence-corrected chi connectivity index (χ2v) is 17.6. The normalized spacial score (nSPS) is 22.2. The molecule has 1 saturated heterocycles. The van der Waals surface area contributed by atoms with Crippen LogP contribution in [-0.2, 0) is 14.0 Å². The SMILES string of the molecule is COC(=O)[C@H]1CN([C@H](CC(C)(C)O[Si](C)(C)C(C)(C)C)c2c(F)cccc2F)C[C@@H](C)N1C(O)C(C)C. The lowest BCUT2D eigenvalue weighted by molar-refractivity contribution is -0.167. The molecule has 1 fully saturated rings. The molecule has 1 N–H and O–H groups in total. The molecule has 1 unspecified atom stereocenters. The first-order chi connectivity index (χ1) is 16.8. The molecule has 6 nitrogen and oxygen atoms in total. The van der Waals surface area contributed by atoms with Gasteiger partial charge in [0, 0.05) is 30.7 Å². The number of carbonyl (C=O) groups is 1. The van der Waals surface area contributed by atoms with Gasteiger partial charge in [0.2, 0.25) is 0 Å². The number of carbonyl (C=O) groups excluding carboxylic acids is 1. The van der Waals surface area contributed by atoms with E-state index < -0.39 is 49.8 Å². The molecular formula is C28H48F2N2O4Si. The first kappa shape index (κ1) is 31.8. The Labute approximate surface area is 223 Å². The van der Waals surface area contributed by atoms with Crippen molar-refractivity contribution in [3.63, 3.8) is 0 Å². The Morgan fingerprint density at radius 1 is 1.14 bits per heavy atom. The van der Waals surface area contributed by atoms with E-state index in [1.54, 1.807) is 4.90 Å². The van der Waals surface area contributed by atoms with E-state index in [1.807, 2.05) is 39.5 Å². The topological polar surface area (TPSA) is 62.2 Å². The molecule has 0 amide bonds. The van der Waals surface area contributed by atoms with Crippen LogP contribution in [0, 0.1) is 17.6 Å². The van der Waals surface area contributed by atoms with Crippen LogP contribution in [0.1, 0.15) is 73.4 Å². The molecule has 0 bridgehead atoms. The fourth-order valence-corrected chi connectivity index (χ4v) is 6.87. The molecule has 1 heterocycles. The Morgan fingerprint density at radius 2 is 1.68 bits per heavy atom. The monoisotopic (exact) mass is 542 g/mol. The Morgan fingerprint density at radius 3 is 2.14 bits per heavy atom. The Bertz CT molecular complexity index is 915. The van der Waals surface area contributed by atoms with Gasteiger partial charge < -0.3 is 14.3 Å². The first-order valence-corrected chi connectivity index (χ1v) is 16.1. The van der Waals surface area contributed by atoms with E-state index in [9.17, 15) is 9.90 Å². The molecule has 212 valence electrons. The Hall–Kier alpha value is -1.39. The quantitative estimate of drug-likeness (QED) is 0.318. The van der Waals surface area contributed by atoms with Crippen molar-refractivity contribution in [3.8, 4) is 0 Å². The highest BCUT2D eigenvalue weighted by Gasteiger charge is 2.47. The highest BCUT2D eigenvalue weighted by atomic mass is 28.4. The van der Waals surface area contributed by atoms with Crippen LogP contribution in [0.15, 0.2) is 18.2 Å². The standard InChI is InChI=1S/C28H48F2N2O4Si/c1-18(2)25(33)32-19(3)16-31(17-23(32)26(34)35-9)22(24-20(29)13-12-14-21(24)30)15-28(7,8)36-37(10,11)27(4,5)6/h12-14,18-19,22-23,25,33H,15-17H2,1-11H3/t19-,22-,23-,25?/m1/s1. The highest BCUT2D eigenvalue weighted by molar-refractivity contribution is 6.74. The number of halogens is 2. The van der Waals surface area contributed by atoms with Gasteiger partial charge in [-0.25, -0.2) is 8.78 Å². The van der Waals surface area contributed by atoms with Gasteiger partial charge in [0.05, 0.1) is 12.7 Å². The van der Waals surface area contributed by atoms with Gasteiger partial charge in [-0.05, 0) is 63.4 Å². The van der Waals surface area contributed by atoms with Crippen molar-refractivity contribution in [1.29, 1.82) is 0 Å². The van der Waals surface area contributed by atoms with E-state index in [0.29, 0.717) is 13.0 Å². The summed E-state index contributed by atoms with van der Waals surface area (Å²) in [6.45, 7) is 21.0. The summed E-state index contributed by atoms with van der Waals surface area (Å²) in [5.74, 6) is -1.85. The Kier molecular flexibility index (Phi) is 10.1. The lowest BCUT2D eigenvalue weighted by Crippen LogP contribution is -2.65. The maximum absolute atomic E-state index is 15.2. The first-order valence-electron chi connectivity index (χ1n) is 13.2. The summed E-state index contributed by atoms with van der Waals surface area (Å²) in [6, 6.07) is 2.17. The maximum atomic E-state index is 15.2. The molecule has 2 rings (SSSR count). The molecule has 37 heavy (non-hydrogen) atoms. The van der Waals surface area contributed by atoms with Crippen LogP contribution in [0.3, 0.4) is 0 Å². The van der Waals surface area contributed by atoms with E-state index in [2.05, 4.69) is 33.9 Å². The van der Waals surface area contributed by atoms with Crippen LogP contribution in [0.5, 0.6) is 0 Å². The molecular weight excluding hydrogens is 494 g/mol. The smallest absolute Gasteiger partial charge is 0.324 e. The summed E-state index contributed by atoms with van der Waals surface area (Å²) in [7, 11) is -0.880. The number of aliphatic hydroxyl groups is 1. The number of methoxy groups -OCH3 is 1. The van der Waals surface area contributed by atoms with Crippen molar-refractivity contribution in [2.75, 3.05) is 20.2 Å². The minimum atomic E-state index is -2.20. The summed E-state index contributed by atoms with van der Waals surface area (Å²) in [5.41, 5.74) is -0.718. The summed E-state index contributed by atoms with van der Waals surface area (Å²) in [6.07, 6.45) is -0.534. The van der Waals surface area contributed by atoms with Crippen molar-refractivity contribution < 1.29 is 27.8 Å². The number of aliphatic hydroxyl groups excluding tert-OH is 1. The van der Waals surface area contributed by atoms with E-state index in [0.717, 1.165) is 0 Å². The highest BCUT2D eigenvalue weighted by Crippen LogP contribution is 2.43. The summed E-state index contributed by atoms with van der Waals surface area (Å²) in [5, 5.41) is 10.9. The molecule has 1 aliphatic heterocycles. The largest absolute Gasteiger partial charge is 0.468 e. The van der Waals surface area contributed by atoms with E-state index >= 15 is 8.78 Å². The molecule has 0 radical (unpaired) electrons. The molecule has 0 aromatic heterocycles. The molecule has 1 aromatic carbocycles. The van der Waals surface area contributed by atoms with Crippen molar-refractivity contribution in [2.24, 2.45) is 5.92 Å². The fourth-order valence-electron chi connectivity index (χ4n) is 5.10. The van der Waals surface area contributed by atoms with Crippen molar-refractivity contribution in [2.45, 2.75) is 110 Å². The molecule has 0 saturated carbocycles. The van der Waals surface area contributed by atoms with E-state index in [-0.39, 0.29) is 29.1 Å². The van der Waals surface area contributed by atoms with Gasteiger partial charge in [0.25, 0.3) is 0 Å². The minimum Gasteiger partial charge on any atom is -0.468 e. The van der Waals surface area contributed by atoms with Crippen LogP contribution in [0.4, 0.5) is 8.78 Å². The van der Waals surface area contributed by atoms with Crippen LogP contribution in [0.25, 0.3) is 0 Å². The summed E-state index contributed by atoms with van der Waals surface area (Å²) >= 11 is 0. The predicted molar refractivity (Wildman–Crippen MR) is 146 cm³/mol. The van der Waals surface area contributed by atoms with Gasteiger partial charge in [-0.15, -0.1) is 0 Å². The summed E-state index contributed by atoms with van der Waals surface area (Å²) < 4.78 is 42.3. The number of hydrogen-bond acceptors (Lipinski definition) is 6. The summed E-state index contributed by atoms with van der Waals surface area (Å²) in [4.78, 5) is 16.6. The van der Waals surface area contributed by atoms with Gasteiger partial charge in [-0.2, -0.15) is 0 Å². The van der Waals surface area contributed by atoms with Crippen LogP contribution in [0.2, 0.25) is 18.1 Å². The zero-order chi connectivity index (χ0) is 28.5. The number of esters is 1. The second kappa shape index (κ2) is 11.8. The number of hydrogen-bond donors (Lipinski definition) is 1. The van der Waals surface area contributed by atoms with E-state index in [1.165, 1.54) is 25.3 Å². The van der Waals surface area contributed by atoms with Gasteiger partial charge >= 0.3 is 5.97 Å². The van der Waals surface area contributed by atoms with Crippen LogP contribution in [-0.4, -0.2) is 73.3 Å². The third-order valence-corrected chi connectivity index (χ3v) is 12.6. The lowest BCUT2D eigenvalue weighted by Gasteiger charge is -2.51. The lowest BCUT2D eigenvalue weighted by atomic mass is 9.90. The fraction of sp³-hybridized carbons (Fsp3) is 0.750. The van der Waals surface area contributed by atoms with Crippen LogP contribution >= 0.6 is 0 Å². The van der Waals surface area contributed by atoms with Crippen molar-refractivity contribution >= 4 is 14.3 Å². The maximum Gasteiger partial charge on any atom is 0.324 e. The number of piperazine rings is 1. The number of ether oxygens (including phenoxy) is 1. The third kappa shape index (κ3) is 7.38. The van der Waals surface area contributed by atoms with Gasteiger partial charge in [-0.1, -0.05) is 40.7 Å². The molecule has 9 heteroatoms. The zero-order valence-corrected chi connectivity index (χ0v) is 25.6. The van der Waals surface area contributed by atoms with Crippen molar-refractivity contribution in [3.05, 3.63) is 35.4 Å². The molecule has 0 aliphatic carbocycles. The number of benzene rings is 1. The minimum absolute atomic E-state index is 0.0249. The average molecular weight is 543 g/mol. The van der Waals surface area contributed by atoms with Gasteiger partial charge in [-0.3, -0.25) is 14.6 Å².